The average Bonchev–Trinajstić information content (AvgIpc) is 1.98. The number of alkyl halides is 4. The van der Waals surface area contributed by atoms with E-state index in [1.165, 1.54) is 0 Å². The highest BCUT2D eigenvalue weighted by Gasteiger charge is 2.27. The molecule has 0 heterocycles. The molecule has 84 valence electrons. The van der Waals surface area contributed by atoms with Gasteiger partial charge in [0.25, 0.3) is 0 Å². The molecule has 3 nitrogen and oxygen atoms in total. The second-order valence-electron chi connectivity index (χ2n) is 2.69. The molecule has 0 fully saturated rings. The fourth-order valence-electron chi connectivity index (χ4n) is 0.565. The van der Waals surface area contributed by atoms with E-state index in [0.717, 1.165) is 0 Å². The van der Waals surface area contributed by atoms with Crippen LogP contribution in [0, 0.1) is 0 Å². The molecule has 0 aromatic heterocycles. The van der Waals surface area contributed by atoms with E-state index in [1.54, 1.807) is 6.92 Å². The lowest BCUT2D eigenvalue weighted by Crippen LogP contribution is -2.33. The SMILES string of the molecule is CC(Cl)CNC(=O)COCC(F)(F)F. The first-order valence-electron chi connectivity index (χ1n) is 3.86. The summed E-state index contributed by atoms with van der Waals surface area (Å²) in [5, 5.41) is 2.04. The molecule has 14 heavy (non-hydrogen) atoms. The summed E-state index contributed by atoms with van der Waals surface area (Å²) >= 11 is 5.49. The van der Waals surface area contributed by atoms with Crippen LogP contribution in [0.15, 0.2) is 0 Å². The van der Waals surface area contributed by atoms with E-state index < -0.39 is 25.3 Å². The molecule has 0 rings (SSSR count). The third kappa shape index (κ3) is 9.60. The smallest absolute Gasteiger partial charge is 0.362 e. The van der Waals surface area contributed by atoms with Crippen LogP contribution >= 0.6 is 11.6 Å². The second kappa shape index (κ2) is 6.08. The van der Waals surface area contributed by atoms with Crippen molar-refractivity contribution in [1.29, 1.82) is 0 Å². The van der Waals surface area contributed by atoms with Crippen molar-refractivity contribution in [1.82, 2.24) is 5.32 Å². The summed E-state index contributed by atoms with van der Waals surface area (Å²) in [4.78, 5) is 10.8. The van der Waals surface area contributed by atoms with Crippen molar-refractivity contribution >= 4 is 17.5 Å². The van der Waals surface area contributed by atoms with Crippen LogP contribution in [0.3, 0.4) is 0 Å². The molecule has 0 aliphatic heterocycles. The number of halogens is 4. The van der Waals surface area contributed by atoms with Crippen molar-refractivity contribution in [3.05, 3.63) is 0 Å². The summed E-state index contributed by atoms with van der Waals surface area (Å²) in [7, 11) is 0. The molecule has 0 bridgehead atoms. The second-order valence-corrected chi connectivity index (χ2v) is 3.44. The normalized spacial score (nSPS) is 13.8. The lowest BCUT2D eigenvalue weighted by Gasteiger charge is -2.08. The molecule has 1 atom stereocenters. The summed E-state index contributed by atoms with van der Waals surface area (Å²) in [6.07, 6.45) is -4.40. The fourth-order valence-corrected chi connectivity index (χ4v) is 0.642. The molecular formula is C7H11ClF3NO2. The average molecular weight is 234 g/mol. The Morgan fingerprint density at radius 2 is 2.14 bits per heavy atom. The molecule has 0 aromatic carbocycles. The molecule has 0 aliphatic carbocycles. The maximum absolute atomic E-state index is 11.5. The van der Waals surface area contributed by atoms with Gasteiger partial charge in [0.2, 0.25) is 5.91 Å². The molecule has 1 amide bonds. The van der Waals surface area contributed by atoms with E-state index in [2.05, 4.69) is 10.1 Å². The monoisotopic (exact) mass is 233 g/mol. The van der Waals surface area contributed by atoms with Crippen molar-refractivity contribution in [2.45, 2.75) is 18.5 Å². The number of hydrogen-bond acceptors (Lipinski definition) is 2. The molecule has 7 heteroatoms. The molecule has 1 unspecified atom stereocenters. The first kappa shape index (κ1) is 13.5. The van der Waals surface area contributed by atoms with E-state index in [-0.39, 0.29) is 11.9 Å². The van der Waals surface area contributed by atoms with Gasteiger partial charge in [-0.05, 0) is 6.92 Å². The van der Waals surface area contributed by atoms with Gasteiger partial charge < -0.3 is 10.1 Å². The number of amides is 1. The van der Waals surface area contributed by atoms with Crippen molar-refractivity contribution in [3.63, 3.8) is 0 Å². The Bertz CT molecular complexity index is 184. The molecule has 0 saturated carbocycles. The Kier molecular flexibility index (Phi) is 5.87. The summed E-state index contributed by atoms with van der Waals surface area (Å²) in [5.74, 6) is -0.609. The lowest BCUT2D eigenvalue weighted by molar-refractivity contribution is -0.175. The Morgan fingerprint density at radius 1 is 1.57 bits per heavy atom. The first-order chi connectivity index (χ1) is 6.31. The number of carbonyl (C=O) groups is 1. The molecule has 0 spiro atoms. The molecule has 0 aromatic rings. The minimum absolute atomic E-state index is 0.204. The Hall–Kier alpha value is -0.490. The third-order valence-electron chi connectivity index (χ3n) is 1.08. The van der Waals surface area contributed by atoms with Crippen LogP contribution in [0.2, 0.25) is 0 Å². The highest BCUT2D eigenvalue weighted by atomic mass is 35.5. The summed E-state index contributed by atoms with van der Waals surface area (Å²) in [6, 6.07) is 0. The summed E-state index contributed by atoms with van der Waals surface area (Å²) < 4.78 is 38.7. The van der Waals surface area contributed by atoms with E-state index in [9.17, 15) is 18.0 Å². The first-order valence-corrected chi connectivity index (χ1v) is 4.30. The largest absolute Gasteiger partial charge is 0.411 e. The number of carbonyl (C=O) groups excluding carboxylic acids is 1. The van der Waals surface area contributed by atoms with Crippen molar-refractivity contribution in [3.8, 4) is 0 Å². The van der Waals surface area contributed by atoms with Crippen molar-refractivity contribution < 1.29 is 22.7 Å². The third-order valence-corrected chi connectivity index (χ3v) is 1.23. The van der Waals surface area contributed by atoms with Crippen LogP contribution in [-0.2, 0) is 9.53 Å². The van der Waals surface area contributed by atoms with Gasteiger partial charge in [0.05, 0.1) is 0 Å². The zero-order valence-corrected chi connectivity index (χ0v) is 8.28. The minimum Gasteiger partial charge on any atom is -0.362 e. The van der Waals surface area contributed by atoms with Gasteiger partial charge in [-0.15, -0.1) is 11.6 Å². The van der Waals surface area contributed by atoms with Crippen LogP contribution in [0.1, 0.15) is 6.92 Å². The summed E-state index contributed by atoms with van der Waals surface area (Å²) in [6.45, 7) is -0.172. The molecule has 1 N–H and O–H groups in total. The van der Waals surface area contributed by atoms with Gasteiger partial charge in [-0.3, -0.25) is 4.79 Å². The molecule has 0 radical (unpaired) electrons. The van der Waals surface area contributed by atoms with Gasteiger partial charge in [-0.2, -0.15) is 13.2 Å². The van der Waals surface area contributed by atoms with Gasteiger partial charge in [-0.25, -0.2) is 0 Å². The predicted octanol–water partition coefficient (Wildman–Crippen LogP) is 1.31. The molecular weight excluding hydrogens is 223 g/mol. The van der Waals surface area contributed by atoms with Gasteiger partial charge in [0.1, 0.15) is 13.2 Å². The van der Waals surface area contributed by atoms with Crippen molar-refractivity contribution in [2.75, 3.05) is 19.8 Å². The Labute approximate surface area is 84.6 Å². The maximum Gasteiger partial charge on any atom is 0.411 e. The molecule has 0 aliphatic rings. The van der Waals surface area contributed by atoms with Crippen molar-refractivity contribution in [2.24, 2.45) is 0 Å². The van der Waals surface area contributed by atoms with Crippen LogP contribution in [0.25, 0.3) is 0 Å². The highest BCUT2D eigenvalue weighted by Crippen LogP contribution is 2.13. The zero-order valence-electron chi connectivity index (χ0n) is 7.53. The van der Waals surface area contributed by atoms with Gasteiger partial charge in [0.15, 0.2) is 0 Å². The van der Waals surface area contributed by atoms with Crippen LogP contribution in [-0.4, -0.2) is 37.2 Å². The predicted molar refractivity (Wildman–Crippen MR) is 45.2 cm³/mol. The van der Waals surface area contributed by atoms with Gasteiger partial charge in [-0.1, -0.05) is 0 Å². The van der Waals surface area contributed by atoms with Crippen LogP contribution < -0.4 is 5.32 Å². The van der Waals surface area contributed by atoms with E-state index in [1.807, 2.05) is 0 Å². The highest BCUT2D eigenvalue weighted by molar-refractivity contribution is 6.20. The van der Waals surface area contributed by atoms with Crippen LogP contribution in [0.4, 0.5) is 13.2 Å². The Morgan fingerprint density at radius 3 is 2.57 bits per heavy atom. The lowest BCUT2D eigenvalue weighted by atomic mass is 10.4. The van der Waals surface area contributed by atoms with E-state index in [4.69, 9.17) is 11.6 Å². The maximum atomic E-state index is 11.5. The van der Waals surface area contributed by atoms with Gasteiger partial charge >= 0.3 is 6.18 Å². The zero-order chi connectivity index (χ0) is 11.2. The Balaban J connectivity index is 3.46. The topological polar surface area (TPSA) is 38.3 Å². The minimum atomic E-state index is -4.40. The number of ether oxygens (including phenoxy) is 1. The van der Waals surface area contributed by atoms with E-state index >= 15 is 0 Å². The standard InChI is InChI=1S/C7H11ClF3NO2/c1-5(8)2-12-6(13)3-14-4-7(9,10)11/h5H,2-4H2,1H3,(H,12,13). The van der Waals surface area contributed by atoms with E-state index in [0.29, 0.717) is 0 Å². The molecule has 0 saturated heterocycles. The summed E-state index contributed by atoms with van der Waals surface area (Å²) in [5.41, 5.74) is 0. The number of hydrogen-bond donors (Lipinski definition) is 1. The quantitative estimate of drug-likeness (QED) is 0.727. The van der Waals surface area contributed by atoms with Gasteiger partial charge in [0, 0.05) is 11.9 Å². The fraction of sp³-hybridized carbons (Fsp3) is 0.857. The number of nitrogens with one attached hydrogen (secondary N) is 1. The van der Waals surface area contributed by atoms with Crippen LogP contribution in [0.5, 0.6) is 0 Å². The number of rotatable bonds is 5.